The normalized spacial score (nSPS) is 12.3. The van der Waals surface area contributed by atoms with E-state index in [1.165, 1.54) is 4.68 Å². The molecule has 0 N–H and O–H groups in total. The molecule has 1 heterocycles. The highest BCUT2D eigenvalue weighted by atomic mass is 79.9. The van der Waals surface area contributed by atoms with Crippen molar-refractivity contribution in [3.8, 4) is 11.5 Å². The van der Waals surface area contributed by atoms with Gasteiger partial charge in [-0.2, -0.15) is 9.78 Å². The monoisotopic (exact) mass is 611 g/mol. The number of methoxy groups -OCH3 is 1. The van der Waals surface area contributed by atoms with Gasteiger partial charge in [0, 0.05) is 20.4 Å². The number of nitrogens with zero attached hydrogens (tertiary/aromatic N) is 3. The van der Waals surface area contributed by atoms with Gasteiger partial charge in [0.25, 0.3) is 5.56 Å². The van der Waals surface area contributed by atoms with Gasteiger partial charge in [-0.3, -0.25) is 4.79 Å². The first-order valence-corrected chi connectivity index (χ1v) is 13.2. The average molecular weight is 613 g/mol. The quantitative estimate of drug-likeness (QED) is 0.197. The zero-order valence-corrected chi connectivity index (χ0v) is 23.8. The van der Waals surface area contributed by atoms with E-state index in [2.05, 4.69) is 50.0 Å². The minimum absolute atomic E-state index is 0.0389. The highest BCUT2D eigenvalue weighted by Crippen LogP contribution is 2.35. The van der Waals surface area contributed by atoms with E-state index in [-0.39, 0.29) is 11.5 Å². The molecule has 0 saturated heterocycles. The summed E-state index contributed by atoms with van der Waals surface area (Å²) in [6.07, 6.45) is 2.44. The molecular weight excluding hydrogens is 586 g/mol. The van der Waals surface area contributed by atoms with Crippen molar-refractivity contribution in [3.05, 3.63) is 96.4 Å². The van der Waals surface area contributed by atoms with Crippen molar-refractivity contribution in [2.45, 2.75) is 39.7 Å². The second-order valence-corrected chi connectivity index (χ2v) is 10.4. The van der Waals surface area contributed by atoms with Crippen molar-refractivity contribution < 1.29 is 9.47 Å². The minimum atomic E-state index is -0.225. The Kier molecular flexibility index (Phi) is 8.26. The molecule has 0 unspecified atom stereocenters. The molecule has 1 aromatic heterocycles. The van der Waals surface area contributed by atoms with Crippen LogP contribution in [0, 0.1) is 6.92 Å². The number of hydrogen-bond donors (Lipinski definition) is 0. The Hall–Kier alpha value is -2.97. The molecule has 0 radical (unpaired) electrons. The van der Waals surface area contributed by atoms with Crippen molar-refractivity contribution in [1.82, 2.24) is 9.66 Å². The molecule has 0 aliphatic carbocycles. The van der Waals surface area contributed by atoms with Gasteiger partial charge in [0.2, 0.25) is 0 Å². The van der Waals surface area contributed by atoms with Gasteiger partial charge in [-0.1, -0.05) is 75.5 Å². The van der Waals surface area contributed by atoms with Crippen LogP contribution in [0.3, 0.4) is 0 Å². The van der Waals surface area contributed by atoms with Crippen LogP contribution >= 0.6 is 31.9 Å². The van der Waals surface area contributed by atoms with Crippen molar-refractivity contribution in [3.63, 3.8) is 0 Å². The van der Waals surface area contributed by atoms with Gasteiger partial charge < -0.3 is 9.47 Å². The number of rotatable bonds is 8. The van der Waals surface area contributed by atoms with Crippen LogP contribution in [0.5, 0.6) is 11.5 Å². The first-order valence-electron chi connectivity index (χ1n) is 11.6. The standard InChI is InChI=1S/C28H27Br2N3O3/c1-5-18(3)27-32-24-10-9-21(29)13-23(24)28(34)33(27)31-15-20-12-22(30)14-25(35-4)26(20)36-16-19-8-6-7-17(2)11-19/h6-15,18H,5,16H2,1-4H3/t18-/m0/s1. The Bertz CT molecular complexity index is 1500. The Balaban J connectivity index is 1.81. The third-order valence-corrected chi connectivity index (χ3v) is 6.88. The van der Waals surface area contributed by atoms with Crippen LogP contribution in [-0.4, -0.2) is 23.0 Å². The van der Waals surface area contributed by atoms with Crippen LogP contribution in [-0.2, 0) is 6.61 Å². The minimum Gasteiger partial charge on any atom is -0.493 e. The SMILES string of the molecule is CC[C@H](C)c1nc2ccc(Br)cc2c(=O)n1N=Cc1cc(Br)cc(OC)c1OCc1cccc(C)c1. The zero-order valence-electron chi connectivity index (χ0n) is 20.6. The lowest BCUT2D eigenvalue weighted by atomic mass is 10.1. The number of halogens is 2. The van der Waals surface area contributed by atoms with Gasteiger partial charge in [0.05, 0.1) is 24.2 Å². The van der Waals surface area contributed by atoms with Gasteiger partial charge in [0.15, 0.2) is 11.5 Å². The predicted molar refractivity (Wildman–Crippen MR) is 152 cm³/mol. The lowest BCUT2D eigenvalue weighted by molar-refractivity contribution is 0.284. The van der Waals surface area contributed by atoms with Crippen molar-refractivity contribution in [1.29, 1.82) is 0 Å². The molecule has 8 heteroatoms. The van der Waals surface area contributed by atoms with Crippen LogP contribution in [0.2, 0.25) is 0 Å². The maximum absolute atomic E-state index is 13.5. The molecule has 6 nitrogen and oxygen atoms in total. The zero-order chi connectivity index (χ0) is 25.8. The summed E-state index contributed by atoms with van der Waals surface area (Å²) >= 11 is 6.99. The van der Waals surface area contributed by atoms with Gasteiger partial charge >= 0.3 is 0 Å². The maximum Gasteiger partial charge on any atom is 0.282 e. The first-order chi connectivity index (χ1) is 17.3. The van der Waals surface area contributed by atoms with E-state index in [0.717, 1.165) is 26.5 Å². The molecule has 4 aromatic rings. The molecule has 0 bridgehead atoms. The molecule has 0 aliphatic rings. The van der Waals surface area contributed by atoms with Gasteiger partial charge in [-0.25, -0.2) is 4.98 Å². The van der Waals surface area contributed by atoms with Crippen LogP contribution in [0.1, 0.15) is 48.7 Å². The smallest absolute Gasteiger partial charge is 0.282 e. The molecular formula is C28H27Br2N3O3. The highest BCUT2D eigenvalue weighted by molar-refractivity contribution is 9.10. The van der Waals surface area contributed by atoms with Gasteiger partial charge in [0.1, 0.15) is 12.4 Å². The maximum atomic E-state index is 13.5. The van der Waals surface area contributed by atoms with Crippen molar-refractivity contribution in [2.75, 3.05) is 7.11 Å². The van der Waals surface area contributed by atoms with E-state index in [4.69, 9.17) is 14.5 Å². The number of aryl methyl sites for hydroxylation is 1. The third kappa shape index (κ3) is 5.71. The second kappa shape index (κ2) is 11.4. The van der Waals surface area contributed by atoms with Crippen LogP contribution in [0.25, 0.3) is 10.9 Å². The van der Waals surface area contributed by atoms with Crippen molar-refractivity contribution in [2.24, 2.45) is 5.10 Å². The molecule has 4 rings (SSSR count). The molecule has 36 heavy (non-hydrogen) atoms. The topological polar surface area (TPSA) is 65.7 Å². The molecule has 0 saturated carbocycles. The summed E-state index contributed by atoms with van der Waals surface area (Å²) in [5.74, 6) is 1.75. The fourth-order valence-electron chi connectivity index (χ4n) is 3.85. The largest absolute Gasteiger partial charge is 0.493 e. The summed E-state index contributed by atoms with van der Waals surface area (Å²) in [4.78, 5) is 18.3. The fourth-order valence-corrected chi connectivity index (χ4v) is 4.66. The highest BCUT2D eigenvalue weighted by Gasteiger charge is 2.17. The van der Waals surface area contributed by atoms with E-state index in [0.29, 0.717) is 40.4 Å². The summed E-state index contributed by atoms with van der Waals surface area (Å²) in [6, 6.07) is 17.4. The predicted octanol–water partition coefficient (Wildman–Crippen LogP) is 7.21. The van der Waals surface area contributed by atoms with Crippen LogP contribution < -0.4 is 15.0 Å². The molecule has 0 spiro atoms. The average Bonchev–Trinajstić information content (AvgIpc) is 2.86. The van der Waals surface area contributed by atoms with Crippen molar-refractivity contribution >= 4 is 49.0 Å². The number of benzene rings is 3. The Morgan fingerprint density at radius 3 is 2.64 bits per heavy atom. The van der Waals surface area contributed by atoms with Crippen LogP contribution in [0.4, 0.5) is 0 Å². The lowest BCUT2D eigenvalue weighted by Crippen LogP contribution is -2.23. The molecule has 3 aromatic carbocycles. The Labute approximate surface area is 227 Å². The fraction of sp³-hybridized carbons (Fsp3) is 0.250. The van der Waals surface area contributed by atoms with Gasteiger partial charge in [-0.15, -0.1) is 0 Å². The molecule has 186 valence electrons. The summed E-state index contributed by atoms with van der Waals surface area (Å²) in [7, 11) is 1.60. The van der Waals surface area contributed by atoms with E-state index in [1.54, 1.807) is 19.4 Å². The summed E-state index contributed by atoms with van der Waals surface area (Å²) in [6.45, 7) is 6.51. The number of fused-ring (bicyclic) bond motifs is 1. The Morgan fingerprint density at radius 1 is 1.11 bits per heavy atom. The third-order valence-electron chi connectivity index (χ3n) is 5.93. The lowest BCUT2D eigenvalue weighted by Gasteiger charge is -2.16. The molecule has 0 fully saturated rings. The first kappa shape index (κ1) is 26.1. The van der Waals surface area contributed by atoms with E-state index >= 15 is 0 Å². The van der Waals surface area contributed by atoms with Crippen LogP contribution in [0.15, 0.2) is 73.4 Å². The molecule has 0 aliphatic heterocycles. The summed E-state index contributed by atoms with van der Waals surface area (Å²) in [5.41, 5.74) is 3.30. The summed E-state index contributed by atoms with van der Waals surface area (Å²) < 4.78 is 14.8. The molecule has 1 atom stereocenters. The van der Waals surface area contributed by atoms with E-state index in [9.17, 15) is 4.79 Å². The van der Waals surface area contributed by atoms with E-state index in [1.807, 2.05) is 56.3 Å². The number of aromatic nitrogens is 2. The molecule has 0 amide bonds. The Morgan fingerprint density at radius 2 is 1.92 bits per heavy atom. The van der Waals surface area contributed by atoms with E-state index < -0.39 is 0 Å². The second-order valence-electron chi connectivity index (χ2n) is 8.61. The summed E-state index contributed by atoms with van der Waals surface area (Å²) in [5, 5.41) is 5.11. The van der Waals surface area contributed by atoms with Gasteiger partial charge in [-0.05, 0) is 49.2 Å². The number of ether oxygens (including phenoxy) is 2. The number of hydrogen-bond acceptors (Lipinski definition) is 5.